The number of halogens is 4. The molecule has 0 bridgehead atoms. The van der Waals surface area contributed by atoms with Crippen LogP contribution in [0.2, 0.25) is 0 Å². The predicted molar refractivity (Wildman–Crippen MR) is 62.3 cm³/mol. The van der Waals surface area contributed by atoms with Crippen molar-refractivity contribution in [1.82, 2.24) is 0 Å². The lowest BCUT2D eigenvalue weighted by molar-refractivity contribution is -0.274. The Morgan fingerprint density at radius 2 is 1.82 bits per heavy atom. The molecule has 1 aliphatic rings. The Labute approximate surface area is 105 Å². The van der Waals surface area contributed by atoms with Gasteiger partial charge in [0.1, 0.15) is 0 Å². The molecule has 0 amide bonds. The van der Waals surface area contributed by atoms with E-state index in [-0.39, 0.29) is 5.75 Å². The number of anilines is 1. The van der Waals surface area contributed by atoms with Crippen molar-refractivity contribution in [1.29, 1.82) is 0 Å². The number of hydrogen-bond acceptors (Lipinski definition) is 2. The maximum Gasteiger partial charge on any atom is 0.573 e. The van der Waals surface area contributed by atoms with E-state index in [0.717, 1.165) is 30.4 Å². The molecule has 1 saturated heterocycles. The SMILES string of the molecule is FC(F)(F)Oc1ccc(Br)cc1N1CCCC1. The first-order chi connectivity index (χ1) is 7.96. The fourth-order valence-corrected chi connectivity index (χ4v) is 2.26. The molecule has 17 heavy (non-hydrogen) atoms. The summed E-state index contributed by atoms with van der Waals surface area (Å²) in [6.45, 7) is 1.54. The van der Waals surface area contributed by atoms with Crippen molar-refractivity contribution in [3.8, 4) is 5.75 Å². The van der Waals surface area contributed by atoms with Crippen LogP contribution in [0, 0.1) is 0 Å². The van der Waals surface area contributed by atoms with Gasteiger partial charge in [0.15, 0.2) is 5.75 Å². The number of alkyl halides is 3. The Morgan fingerprint density at radius 3 is 2.41 bits per heavy atom. The van der Waals surface area contributed by atoms with Crippen LogP contribution >= 0.6 is 15.9 Å². The molecule has 1 aromatic rings. The molecule has 0 unspecified atom stereocenters. The van der Waals surface area contributed by atoms with Crippen LogP contribution in [-0.2, 0) is 0 Å². The molecule has 0 radical (unpaired) electrons. The highest BCUT2D eigenvalue weighted by Crippen LogP contribution is 2.36. The molecule has 2 nitrogen and oxygen atoms in total. The lowest BCUT2D eigenvalue weighted by atomic mass is 10.2. The second-order valence-electron chi connectivity index (χ2n) is 3.85. The Bertz CT molecular complexity index is 402. The summed E-state index contributed by atoms with van der Waals surface area (Å²) in [6.07, 6.45) is -2.65. The molecule has 0 atom stereocenters. The Hall–Kier alpha value is -0.910. The van der Waals surface area contributed by atoms with Crippen molar-refractivity contribution in [3.05, 3.63) is 22.7 Å². The molecule has 1 aliphatic heterocycles. The first-order valence-corrected chi connectivity index (χ1v) is 6.05. The van der Waals surface area contributed by atoms with E-state index in [4.69, 9.17) is 0 Å². The summed E-state index contributed by atoms with van der Waals surface area (Å²) in [7, 11) is 0. The van der Waals surface area contributed by atoms with Crippen LogP contribution in [0.25, 0.3) is 0 Å². The van der Waals surface area contributed by atoms with Gasteiger partial charge in [-0.25, -0.2) is 0 Å². The fraction of sp³-hybridized carbons (Fsp3) is 0.455. The third kappa shape index (κ3) is 3.28. The van der Waals surface area contributed by atoms with Crippen LogP contribution < -0.4 is 9.64 Å². The minimum Gasteiger partial charge on any atom is -0.404 e. The molecule has 2 rings (SSSR count). The third-order valence-corrected chi connectivity index (χ3v) is 3.09. The summed E-state index contributed by atoms with van der Waals surface area (Å²) < 4.78 is 41.6. The van der Waals surface area contributed by atoms with Gasteiger partial charge in [0, 0.05) is 17.6 Å². The van der Waals surface area contributed by atoms with Crippen LogP contribution in [0.1, 0.15) is 12.8 Å². The normalized spacial score (nSPS) is 16.4. The molecule has 1 aromatic carbocycles. The minimum absolute atomic E-state index is 0.136. The van der Waals surface area contributed by atoms with Gasteiger partial charge in [-0.15, -0.1) is 13.2 Å². The van der Waals surface area contributed by atoms with Gasteiger partial charge >= 0.3 is 6.36 Å². The van der Waals surface area contributed by atoms with E-state index < -0.39 is 6.36 Å². The Kier molecular flexibility index (Phi) is 3.51. The highest BCUT2D eigenvalue weighted by Gasteiger charge is 2.33. The molecular weight excluding hydrogens is 299 g/mol. The average Bonchev–Trinajstić information content (AvgIpc) is 2.71. The van der Waals surface area contributed by atoms with E-state index in [1.165, 1.54) is 6.07 Å². The standard InChI is InChI=1S/C11H11BrF3NO/c12-8-3-4-10(17-11(13,14)15)9(7-8)16-5-1-2-6-16/h3-4,7H,1-2,5-6H2. The number of nitrogens with zero attached hydrogens (tertiary/aromatic N) is 1. The number of ether oxygens (including phenoxy) is 1. The first kappa shape index (κ1) is 12.5. The lowest BCUT2D eigenvalue weighted by Crippen LogP contribution is -2.22. The number of benzene rings is 1. The van der Waals surface area contributed by atoms with Gasteiger partial charge in [-0.3, -0.25) is 0 Å². The van der Waals surface area contributed by atoms with Gasteiger partial charge < -0.3 is 9.64 Å². The molecule has 0 aliphatic carbocycles. The highest BCUT2D eigenvalue weighted by atomic mass is 79.9. The zero-order valence-electron chi connectivity index (χ0n) is 8.93. The van der Waals surface area contributed by atoms with Crippen LogP contribution in [0.5, 0.6) is 5.75 Å². The topological polar surface area (TPSA) is 12.5 Å². The van der Waals surface area contributed by atoms with Crippen LogP contribution in [-0.4, -0.2) is 19.5 Å². The summed E-state index contributed by atoms with van der Waals surface area (Å²) >= 11 is 3.26. The van der Waals surface area contributed by atoms with Crippen molar-refractivity contribution in [2.24, 2.45) is 0 Å². The predicted octanol–water partition coefficient (Wildman–Crippen LogP) is 3.95. The second-order valence-corrected chi connectivity index (χ2v) is 4.77. The maximum absolute atomic E-state index is 12.3. The zero-order chi connectivity index (χ0) is 12.5. The quantitative estimate of drug-likeness (QED) is 0.820. The van der Waals surface area contributed by atoms with Crippen LogP contribution in [0.15, 0.2) is 22.7 Å². The van der Waals surface area contributed by atoms with Crippen LogP contribution in [0.3, 0.4) is 0 Å². The average molecular weight is 310 g/mol. The van der Waals surface area contributed by atoms with E-state index in [0.29, 0.717) is 5.69 Å². The first-order valence-electron chi connectivity index (χ1n) is 5.26. The molecule has 94 valence electrons. The van der Waals surface area contributed by atoms with E-state index in [1.54, 1.807) is 12.1 Å². The maximum atomic E-state index is 12.3. The van der Waals surface area contributed by atoms with E-state index in [2.05, 4.69) is 20.7 Å². The van der Waals surface area contributed by atoms with Gasteiger partial charge in [0.2, 0.25) is 0 Å². The van der Waals surface area contributed by atoms with Crippen LogP contribution in [0.4, 0.5) is 18.9 Å². The summed E-state index contributed by atoms with van der Waals surface area (Å²) in [4.78, 5) is 1.91. The number of hydrogen-bond donors (Lipinski definition) is 0. The monoisotopic (exact) mass is 309 g/mol. The van der Waals surface area contributed by atoms with Crippen molar-refractivity contribution in [3.63, 3.8) is 0 Å². The van der Waals surface area contributed by atoms with E-state index in [9.17, 15) is 13.2 Å². The molecule has 1 fully saturated rings. The second kappa shape index (κ2) is 4.76. The molecule has 0 saturated carbocycles. The summed E-state index contributed by atoms with van der Waals surface area (Å²) in [5.74, 6) is -0.136. The Morgan fingerprint density at radius 1 is 1.18 bits per heavy atom. The van der Waals surface area contributed by atoms with Crippen molar-refractivity contribution in [2.75, 3.05) is 18.0 Å². The van der Waals surface area contributed by atoms with Crippen molar-refractivity contribution >= 4 is 21.6 Å². The van der Waals surface area contributed by atoms with Gasteiger partial charge in [-0.05, 0) is 31.0 Å². The van der Waals surface area contributed by atoms with Crippen molar-refractivity contribution in [2.45, 2.75) is 19.2 Å². The molecule has 1 heterocycles. The molecule has 0 N–H and O–H groups in total. The molecule has 6 heteroatoms. The molecular formula is C11H11BrF3NO. The summed E-state index contributed by atoms with van der Waals surface area (Å²) in [6, 6.07) is 4.54. The minimum atomic E-state index is -4.65. The van der Waals surface area contributed by atoms with E-state index >= 15 is 0 Å². The van der Waals surface area contributed by atoms with Gasteiger partial charge in [-0.2, -0.15) is 0 Å². The smallest absolute Gasteiger partial charge is 0.404 e. The van der Waals surface area contributed by atoms with Gasteiger partial charge in [-0.1, -0.05) is 15.9 Å². The fourth-order valence-electron chi connectivity index (χ4n) is 1.91. The Balaban J connectivity index is 2.30. The van der Waals surface area contributed by atoms with Gasteiger partial charge in [0.05, 0.1) is 5.69 Å². The molecule has 0 spiro atoms. The molecule has 0 aromatic heterocycles. The van der Waals surface area contributed by atoms with Gasteiger partial charge in [0.25, 0.3) is 0 Å². The lowest BCUT2D eigenvalue weighted by Gasteiger charge is -2.22. The third-order valence-electron chi connectivity index (χ3n) is 2.59. The van der Waals surface area contributed by atoms with Crippen molar-refractivity contribution < 1.29 is 17.9 Å². The number of rotatable bonds is 2. The largest absolute Gasteiger partial charge is 0.573 e. The summed E-state index contributed by atoms with van der Waals surface area (Å²) in [5.41, 5.74) is 0.495. The highest BCUT2D eigenvalue weighted by molar-refractivity contribution is 9.10. The zero-order valence-corrected chi connectivity index (χ0v) is 10.5. The van der Waals surface area contributed by atoms with E-state index in [1.807, 2.05) is 4.90 Å². The summed E-state index contributed by atoms with van der Waals surface area (Å²) in [5, 5.41) is 0.